The standard InChI is InChI=1S/C75H69N3.C6H10/c1-6-9-11-12-17-34-60-44-62(55-30-20-14-21-31-55)49-69-67-46-57(39-41-72(67)77(74(60)69)64-36-24-16-25-37-64)58-40-42-73-68(47-58)70-50-63(56-32-22-15-23-33-56)48-66(53(8-3)27-10-7-2)75(70)78(73)65-38-26-35-59(45-65)71(76)51-61(43-52(4)5)54-28-18-13-19-29-54;1-3-5-6-4-2/h6-14,16-22,24-32,35-52,56,69,74H,1-2,15,23,33-34,76H2,3-5H3;3-6H,1-2H3/b11-9-,17-12-,27-10-,53-8+,61-43+,71-51-;5-3-,6-4-. The first-order valence-electron chi connectivity index (χ1n) is 30.0. The van der Waals surface area contributed by atoms with Crippen LogP contribution in [0.2, 0.25) is 0 Å². The van der Waals surface area contributed by atoms with Gasteiger partial charge < -0.3 is 15.2 Å². The van der Waals surface area contributed by atoms with Gasteiger partial charge in [0.25, 0.3) is 0 Å². The molecule has 7 aromatic carbocycles. The Balaban J connectivity index is 0.00000125. The second kappa shape index (κ2) is 27.6. The quantitative estimate of drug-likeness (QED) is 0.0728. The van der Waals surface area contributed by atoms with Crippen molar-refractivity contribution < 1.29 is 0 Å². The van der Waals surface area contributed by atoms with Crippen molar-refractivity contribution in [1.29, 1.82) is 0 Å². The summed E-state index contributed by atoms with van der Waals surface area (Å²) in [5.74, 6) is 0.799. The van der Waals surface area contributed by atoms with Crippen LogP contribution in [0.25, 0.3) is 61.0 Å². The predicted octanol–water partition coefficient (Wildman–Crippen LogP) is 21.9. The van der Waals surface area contributed by atoms with Crippen LogP contribution in [0.3, 0.4) is 0 Å². The molecule has 3 heteroatoms. The fourth-order valence-electron chi connectivity index (χ4n) is 12.3. The van der Waals surface area contributed by atoms with E-state index in [1.165, 1.54) is 78.6 Å². The summed E-state index contributed by atoms with van der Waals surface area (Å²) in [6, 6.07) is 60.5. The fraction of sp³-hybridized carbons (Fsp3) is 0.160. The summed E-state index contributed by atoms with van der Waals surface area (Å²) in [6.07, 6.45) is 45.1. The van der Waals surface area contributed by atoms with Gasteiger partial charge in [-0.3, -0.25) is 0 Å². The van der Waals surface area contributed by atoms with Gasteiger partial charge in [-0.05, 0) is 180 Å². The molecular formula is C81H79N3. The molecule has 2 aliphatic carbocycles. The van der Waals surface area contributed by atoms with Crippen molar-refractivity contribution in [3.8, 4) is 16.8 Å². The number of fused-ring (bicyclic) bond motifs is 6. The first-order valence-corrected chi connectivity index (χ1v) is 30.0. The highest BCUT2D eigenvalue weighted by atomic mass is 15.2. The molecule has 0 saturated heterocycles. The Morgan fingerprint density at radius 1 is 0.655 bits per heavy atom. The SMILES string of the molecule is C/C=C\C=C/C.C=C/C=C\C=C/CC1=CC(c2ccccc2)=CC2c3cc(-c4ccc5c(c4)c4cc(C6C=CCCC6)cc(C(/C=C\C=C)=C/C)c4n5-c4cccc(/C(N)=C/C(=C\C(C)C)c5ccccc5)c4)ccc3N(c3ccccc3)C12. The van der Waals surface area contributed by atoms with Crippen molar-refractivity contribution in [3.05, 3.63) is 331 Å². The number of anilines is 2. The first kappa shape index (κ1) is 57.8. The third kappa shape index (κ3) is 12.8. The molecular weight excluding hydrogens is 1010 g/mol. The average molecular weight is 1090 g/mol. The van der Waals surface area contributed by atoms with Crippen molar-refractivity contribution >= 4 is 55.6 Å². The maximum Gasteiger partial charge on any atom is 0.0662 e. The molecule has 0 saturated carbocycles. The minimum Gasteiger partial charge on any atom is -0.398 e. The van der Waals surface area contributed by atoms with E-state index in [1.807, 2.05) is 56.4 Å². The van der Waals surface area contributed by atoms with E-state index >= 15 is 0 Å². The normalized spacial score (nSPS) is 17.4. The average Bonchev–Trinajstić information content (AvgIpc) is 2.81. The van der Waals surface area contributed by atoms with E-state index < -0.39 is 0 Å². The largest absolute Gasteiger partial charge is 0.398 e. The molecule has 84 heavy (non-hydrogen) atoms. The summed E-state index contributed by atoms with van der Waals surface area (Å²) >= 11 is 0. The lowest BCUT2D eigenvalue weighted by molar-refractivity contribution is 0.655. The van der Waals surface area contributed by atoms with Gasteiger partial charge >= 0.3 is 0 Å². The lowest BCUT2D eigenvalue weighted by atomic mass is 9.80. The lowest BCUT2D eigenvalue weighted by Gasteiger charge is -2.34. The Kier molecular flexibility index (Phi) is 19.0. The van der Waals surface area contributed by atoms with Crippen LogP contribution in [0, 0.1) is 5.92 Å². The van der Waals surface area contributed by atoms with Crippen LogP contribution in [0.5, 0.6) is 0 Å². The van der Waals surface area contributed by atoms with Crippen LogP contribution >= 0.6 is 0 Å². The summed E-state index contributed by atoms with van der Waals surface area (Å²) in [7, 11) is 0. The molecule has 3 unspecified atom stereocenters. The third-order valence-corrected chi connectivity index (χ3v) is 16.1. The maximum atomic E-state index is 7.16. The summed E-state index contributed by atoms with van der Waals surface area (Å²) in [6.45, 7) is 18.5. The number of nitrogens with two attached hydrogens (primary N) is 1. The van der Waals surface area contributed by atoms with Gasteiger partial charge in [0.05, 0.1) is 17.1 Å². The molecule has 2 heterocycles. The van der Waals surface area contributed by atoms with Crippen molar-refractivity contribution in [3.63, 3.8) is 0 Å². The minimum atomic E-state index is 0.107. The highest BCUT2D eigenvalue weighted by Gasteiger charge is 2.42. The summed E-state index contributed by atoms with van der Waals surface area (Å²) < 4.78 is 2.48. The molecule has 0 bridgehead atoms. The second-order valence-electron chi connectivity index (χ2n) is 22.2. The smallest absolute Gasteiger partial charge is 0.0662 e. The van der Waals surface area contributed by atoms with Crippen LogP contribution in [-0.2, 0) is 0 Å². The molecule has 2 N–H and O–H groups in total. The Bertz CT molecular complexity index is 4000. The van der Waals surface area contributed by atoms with Crippen molar-refractivity contribution in [1.82, 2.24) is 4.57 Å². The molecule has 0 fully saturated rings. The van der Waals surface area contributed by atoms with Crippen molar-refractivity contribution in [2.24, 2.45) is 11.7 Å². The molecule has 0 radical (unpaired) electrons. The molecule has 11 rings (SSSR count). The van der Waals surface area contributed by atoms with E-state index in [0.29, 0.717) is 11.8 Å². The molecule has 0 spiro atoms. The lowest BCUT2D eigenvalue weighted by Crippen LogP contribution is -2.33. The number of para-hydroxylation sites is 1. The Morgan fingerprint density at radius 3 is 2.06 bits per heavy atom. The maximum absolute atomic E-state index is 7.16. The number of allylic oxidation sites excluding steroid dienone is 21. The molecule has 418 valence electrons. The van der Waals surface area contributed by atoms with Gasteiger partial charge in [-0.2, -0.15) is 0 Å². The van der Waals surface area contributed by atoms with E-state index in [0.717, 1.165) is 58.4 Å². The summed E-state index contributed by atoms with van der Waals surface area (Å²) in [5, 5.41) is 2.44. The van der Waals surface area contributed by atoms with Gasteiger partial charge in [-0.15, -0.1) is 0 Å². The zero-order valence-electron chi connectivity index (χ0n) is 49.6. The van der Waals surface area contributed by atoms with Crippen LogP contribution in [0.4, 0.5) is 11.4 Å². The second-order valence-corrected chi connectivity index (χ2v) is 22.2. The highest BCUT2D eigenvalue weighted by molar-refractivity contribution is 6.14. The number of rotatable bonds is 17. The van der Waals surface area contributed by atoms with Gasteiger partial charge in [-0.25, -0.2) is 0 Å². The minimum absolute atomic E-state index is 0.107. The molecule has 0 amide bonds. The highest BCUT2D eigenvalue weighted by Crippen LogP contribution is 2.53. The number of hydrogen-bond acceptors (Lipinski definition) is 2. The topological polar surface area (TPSA) is 34.2 Å². The van der Waals surface area contributed by atoms with E-state index in [4.69, 9.17) is 5.73 Å². The van der Waals surface area contributed by atoms with E-state index in [1.54, 1.807) is 0 Å². The third-order valence-electron chi connectivity index (χ3n) is 16.1. The van der Waals surface area contributed by atoms with Gasteiger partial charge in [0.15, 0.2) is 0 Å². The zero-order valence-corrected chi connectivity index (χ0v) is 49.6. The van der Waals surface area contributed by atoms with Crippen LogP contribution in [0.15, 0.2) is 298 Å². The molecule has 3 nitrogen and oxygen atoms in total. The molecule has 3 atom stereocenters. The summed E-state index contributed by atoms with van der Waals surface area (Å²) in [5.41, 5.74) is 28.2. The van der Waals surface area contributed by atoms with Crippen molar-refractivity contribution in [2.45, 2.75) is 78.2 Å². The number of benzene rings is 7. The van der Waals surface area contributed by atoms with Gasteiger partial charge in [-0.1, -0.05) is 240 Å². The first-order chi connectivity index (χ1) is 41.2. The van der Waals surface area contributed by atoms with E-state index in [-0.39, 0.29) is 12.0 Å². The van der Waals surface area contributed by atoms with Crippen LogP contribution in [-0.4, -0.2) is 10.6 Å². The van der Waals surface area contributed by atoms with E-state index in [2.05, 4.69) is 280 Å². The van der Waals surface area contributed by atoms with Gasteiger partial charge in [0.1, 0.15) is 0 Å². The molecule has 8 aromatic rings. The number of aromatic nitrogens is 1. The summed E-state index contributed by atoms with van der Waals surface area (Å²) in [4.78, 5) is 2.58. The van der Waals surface area contributed by atoms with Crippen molar-refractivity contribution in [2.75, 3.05) is 4.90 Å². The molecule has 1 aliphatic heterocycles. The number of hydrogen-bond donors (Lipinski definition) is 1. The molecule has 1 aromatic heterocycles. The Labute approximate surface area is 500 Å². The van der Waals surface area contributed by atoms with Gasteiger partial charge in [0, 0.05) is 50.9 Å². The monoisotopic (exact) mass is 1090 g/mol. The fourth-order valence-corrected chi connectivity index (χ4v) is 12.3. The predicted molar refractivity (Wildman–Crippen MR) is 367 cm³/mol. The van der Waals surface area contributed by atoms with Crippen LogP contribution < -0.4 is 10.6 Å². The molecule has 3 aliphatic rings. The Morgan fingerprint density at radius 2 is 1.36 bits per heavy atom. The zero-order chi connectivity index (χ0) is 58.4. The van der Waals surface area contributed by atoms with E-state index in [9.17, 15) is 0 Å². The number of nitrogens with zero attached hydrogens (tertiary/aromatic N) is 2. The van der Waals surface area contributed by atoms with Gasteiger partial charge in [0.2, 0.25) is 0 Å². The van der Waals surface area contributed by atoms with Crippen LogP contribution in [0.1, 0.15) is 106 Å². The Hall–Kier alpha value is -9.44.